The van der Waals surface area contributed by atoms with E-state index in [1.54, 1.807) is 0 Å². The van der Waals surface area contributed by atoms with Crippen molar-refractivity contribution in [3.05, 3.63) is 23.0 Å². The first-order valence-corrected chi connectivity index (χ1v) is 4.58. The molecular formula is C10H15NO2. The summed E-state index contributed by atoms with van der Waals surface area (Å²) in [6.45, 7) is 4.11. The molecule has 0 aliphatic rings. The average Bonchev–Trinajstić information content (AvgIpc) is 2.45. The Morgan fingerprint density at radius 1 is 1.46 bits per heavy atom. The average molecular weight is 181 g/mol. The van der Waals surface area contributed by atoms with Crippen molar-refractivity contribution in [2.75, 3.05) is 0 Å². The molecule has 0 bridgehead atoms. The quantitative estimate of drug-likeness (QED) is 0.743. The first kappa shape index (κ1) is 9.84. The number of aromatic amines is 1. The smallest absolute Gasteiger partial charge is 0.307 e. The number of aryl methyl sites for hydroxylation is 1. The van der Waals surface area contributed by atoms with Crippen molar-refractivity contribution in [2.45, 2.75) is 33.1 Å². The predicted octanol–water partition coefficient (Wildman–Crippen LogP) is 1.77. The molecule has 0 aromatic carbocycles. The number of rotatable bonds is 4. The van der Waals surface area contributed by atoms with E-state index >= 15 is 0 Å². The van der Waals surface area contributed by atoms with E-state index in [0.717, 1.165) is 18.4 Å². The number of carbonyl (C=O) groups is 1. The lowest BCUT2D eigenvalue weighted by molar-refractivity contribution is -0.136. The molecule has 0 saturated heterocycles. The molecule has 3 heteroatoms. The van der Waals surface area contributed by atoms with E-state index in [2.05, 4.69) is 11.9 Å². The molecule has 0 spiro atoms. The highest BCUT2D eigenvalue weighted by atomic mass is 16.4. The maximum atomic E-state index is 10.5. The molecule has 0 atom stereocenters. The summed E-state index contributed by atoms with van der Waals surface area (Å²) in [5, 5.41) is 8.65. The Kier molecular flexibility index (Phi) is 3.12. The summed E-state index contributed by atoms with van der Waals surface area (Å²) >= 11 is 0. The third-order valence-corrected chi connectivity index (χ3v) is 2.22. The molecule has 0 amide bonds. The number of hydrogen-bond acceptors (Lipinski definition) is 1. The van der Waals surface area contributed by atoms with Gasteiger partial charge in [-0.3, -0.25) is 4.79 Å². The highest BCUT2D eigenvalue weighted by molar-refractivity contribution is 5.70. The van der Waals surface area contributed by atoms with Crippen LogP contribution in [0.25, 0.3) is 0 Å². The Bertz CT molecular complexity index is 302. The summed E-state index contributed by atoms with van der Waals surface area (Å²) < 4.78 is 0. The van der Waals surface area contributed by atoms with E-state index in [9.17, 15) is 4.79 Å². The zero-order valence-corrected chi connectivity index (χ0v) is 8.05. The number of carboxylic acids is 1. The van der Waals surface area contributed by atoms with Gasteiger partial charge in [0.15, 0.2) is 0 Å². The largest absolute Gasteiger partial charge is 0.481 e. The molecule has 72 valence electrons. The van der Waals surface area contributed by atoms with Gasteiger partial charge in [-0.1, -0.05) is 13.8 Å². The lowest BCUT2D eigenvalue weighted by Crippen LogP contribution is -2.01. The van der Waals surface area contributed by atoms with E-state index in [1.165, 1.54) is 11.3 Å². The monoisotopic (exact) mass is 181 g/mol. The Morgan fingerprint density at radius 3 is 2.62 bits per heavy atom. The summed E-state index contributed by atoms with van der Waals surface area (Å²) in [6.07, 6.45) is 3.77. The number of H-pyrrole nitrogens is 1. The van der Waals surface area contributed by atoms with Crippen molar-refractivity contribution in [2.24, 2.45) is 0 Å². The van der Waals surface area contributed by atoms with Gasteiger partial charge >= 0.3 is 5.97 Å². The van der Waals surface area contributed by atoms with Gasteiger partial charge in [0.1, 0.15) is 0 Å². The second-order valence-corrected chi connectivity index (χ2v) is 3.05. The molecule has 1 aromatic rings. The van der Waals surface area contributed by atoms with E-state index in [4.69, 9.17) is 5.11 Å². The number of nitrogens with one attached hydrogen (secondary N) is 1. The van der Waals surface area contributed by atoms with E-state index < -0.39 is 5.97 Å². The van der Waals surface area contributed by atoms with Gasteiger partial charge in [-0.05, 0) is 24.0 Å². The summed E-state index contributed by atoms with van der Waals surface area (Å²) in [7, 11) is 0. The van der Waals surface area contributed by atoms with Crippen molar-refractivity contribution in [1.29, 1.82) is 0 Å². The van der Waals surface area contributed by atoms with Crippen LogP contribution >= 0.6 is 0 Å². The Morgan fingerprint density at radius 2 is 2.15 bits per heavy atom. The van der Waals surface area contributed by atoms with Crippen LogP contribution in [0.5, 0.6) is 0 Å². The van der Waals surface area contributed by atoms with Crippen LogP contribution in [0.3, 0.4) is 0 Å². The Hall–Kier alpha value is -1.25. The molecule has 0 unspecified atom stereocenters. The normalized spacial score (nSPS) is 10.3. The molecule has 0 saturated carbocycles. The van der Waals surface area contributed by atoms with Crippen molar-refractivity contribution in [3.8, 4) is 0 Å². The van der Waals surface area contributed by atoms with Gasteiger partial charge in [0, 0.05) is 11.9 Å². The number of aliphatic carboxylic acids is 1. The van der Waals surface area contributed by atoms with Crippen LogP contribution in [-0.4, -0.2) is 16.1 Å². The van der Waals surface area contributed by atoms with Gasteiger partial charge in [0.2, 0.25) is 0 Å². The molecule has 3 nitrogen and oxygen atoms in total. The van der Waals surface area contributed by atoms with Gasteiger partial charge in [0.25, 0.3) is 0 Å². The predicted molar refractivity (Wildman–Crippen MR) is 50.9 cm³/mol. The minimum atomic E-state index is -0.767. The minimum absolute atomic E-state index is 0.125. The highest BCUT2D eigenvalue weighted by Gasteiger charge is 2.10. The second kappa shape index (κ2) is 4.12. The zero-order chi connectivity index (χ0) is 9.84. The van der Waals surface area contributed by atoms with Crippen molar-refractivity contribution < 1.29 is 9.90 Å². The third kappa shape index (κ3) is 2.11. The summed E-state index contributed by atoms with van der Waals surface area (Å²) in [6, 6.07) is 0. The first-order chi connectivity index (χ1) is 6.19. The number of carboxylic acid groups (broad SMARTS) is 1. The summed E-state index contributed by atoms with van der Waals surface area (Å²) in [4.78, 5) is 13.6. The fourth-order valence-corrected chi connectivity index (χ4v) is 1.62. The molecule has 1 aromatic heterocycles. The molecule has 0 radical (unpaired) electrons. The summed E-state index contributed by atoms with van der Waals surface area (Å²) in [5.41, 5.74) is 3.26. The maximum absolute atomic E-state index is 10.5. The number of hydrogen-bond donors (Lipinski definition) is 2. The summed E-state index contributed by atoms with van der Waals surface area (Å²) in [5.74, 6) is -0.767. The zero-order valence-electron chi connectivity index (χ0n) is 8.05. The molecule has 1 rings (SSSR count). The van der Waals surface area contributed by atoms with Gasteiger partial charge in [-0.15, -0.1) is 0 Å². The van der Waals surface area contributed by atoms with Crippen molar-refractivity contribution in [1.82, 2.24) is 4.98 Å². The Labute approximate surface area is 77.8 Å². The van der Waals surface area contributed by atoms with Crippen LogP contribution in [0.1, 0.15) is 30.7 Å². The standard InChI is InChI=1S/C10H15NO2/c1-3-8-7(5-10(12)13)6-11-9(8)4-2/h6,11H,3-5H2,1-2H3,(H,12,13). The van der Waals surface area contributed by atoms with Crippen LogP contribution in [0.15, 0.2) is 6.20 Å². The van der Waals surface area contributed by atoms with Gasteiger partial charge < -0.3 is 10.1 Å². The third-order valence-electron chi connectivity index (χ3n) is 2.22. The molecule has 0 aliphatic heterocycles. The fourth-order valence-electron chi connectivity index (χ4n) is 1.62. The maximum Gasteiger partial charge on any atom is 0.307 e. The molecule has 0 fully saturated rings. The minimum Gasteiger partial charge on any atom is -0.481 e. The van der Waals surface area contributed by atoms with Gasteiger partial charge in [0.05, 0.1) is 6.42 Å². The van der Waals surface area contributed by atoms with Crippen LogP contribution in [-0.2, 0) is 24.1 Å². The van der Waals surface area contributed by atoms with E-state index in [1.807, 2.05) is 13.1 Å². The fraction of sp³-hybridized carbons (Fsp3) is 0.500. The Balaban J connectivity index is 2.93. The first-order valence-electron chi connectivity index (χ1n) is 4.58. The second-order valence-electron chi connectivity index (χ2n) is 3.05. The molecule has 1 heterocycles. The van der Waals surface area contributed by atoms with Gasteiger partial charge in [-0.2, -0.15) is 0 Å². The highest BCUT2D eigenvalue weighted by Crippen LogP contribution is 2.16. The van der Waals surface area contributed by atoms with Crippen LogP contribution in [0.2, 0.25) is 0 Å². The topological polar surface area (TPSA) is 53.1 Å². The SMILES string of the molecule is CCc1[nH]cc(CC(=O)O)c1CC. The van der Waals surface area contributed by atoms with Crippen LogP contribution in [0, 0.1) is 0 Å². The van der Waals surface area contributed by atoms with Crippen LogP contribution in [0.4, 0.5) is 0 Å². The molecule has 0 aliphatic carbocycles. The van der Waals surface area contributed by atoms with Crippen molar-refractivity contribution in [3.63, 3.8) is 0 Å². The lowest BCUT2D eigenvalue weighted by atomic mass is 10.0. The van der Waals surface area contributed by atoms with E-state index in [-0.39, 0.29) is 6.42 Å². The van der Waals surface area contributed by atoms with E-state index in [0.29, 0.717) is 0 Å². The molecule has 2 N–H and O–H groups in total. The number of aromatic nitrogens is 1. The molecule has 13 heavy (non-hydrogen) atoms. The van der Waals surface area contributed by atoms with Crippen LogP contribution < -0.4 is 0 Å². The lowest BCUT2D eigenvalue weighted by Gasteiger charge is -2.00. The van der Waals surface area contributed by atoms with Gasteiger partial charge in [-0.25, -0.2) is 0 Å². The molecular weight excluding hydrogens is 166 g/mol. The van der Waals surface area contributed by atoms with Crippen molar-refractivity contribution >= 4 is 5.97 Å².